The number of pyridine rings is 1. The number of aromatic nitrogens is 2. The van der Waals surface area contributed by atoms with Crippen molar-refractivity contribution in [3.8, 4) is 0 Å². The highest BCUT2D eigenvalue weighted by molar-refractivity contribution is 7.99. The number of nitrogen functional groups attached to an aromatic ring is 1. The maximum Gasteiger partial charge on any atom is 0.417 e. The Morgan fingerprint density at radius 3 is 3.00 bits per heavy atom. The number of H-pyrrole nitrogens is 1. The molecular formula is C12H9N3O2S. The molecular weight excluding hydrogens is 250 g/mol. The molecule has 3 rings (SSSR count). The molecule has 0 saturated carbocycles. The second-order valence-corrected chi connectivity index (χ2v) is 4.73. The Bertz CT molecular complexity index is 749. The molecule has 0 atom stereocenters. The third kappa shape index (κ3) is 1.98. The zero-order valence-corrected chi connectivity index (χ0v) is 10.0. The predicted octanol–water partition coefficient (Wildman–Crippen LogP) is 2.25. The lowest BCUT2D eigenvalue weighted by Crippen LogP contribution is -1.93. The summed E-state index contributed by atoms with van der Waals surface area (Å²) in [5.74, 6) is -0.482. The summed E-state index contributed by atoms with van der Waals surface area (Å²) in [6, 6.07) is 9.08. The topological polar surface area (TPSA) is 84.9 Å². The maximum atomic E-state index is 11.1. The Labute approximate surface area is 106 Å². The lowest BCUT2D eigenvalue weighted by Gasteiger charge is -2.04. The van der Waals surface area contributed by atoms with Crippen molar-refractivity contribution in [2.24, 2.45) is 0 Å². The molecule has 0 unspecified atom stereocenters. The number of benzene rings is 1. The zero-order chi connectivity index (χ0) is 12.5. The molecule has 2 aromatic heterocycles. The summed E-state index contributed by atoms with van der Waals surface area (Å²) < 4.78 is 4.94. The van der Waals surface area contributed by atoms with Crippen LogP contribution in [0.3, 0.4) is 0 Å². The van der Waals surface area contributed by atoms with Crippen molar-refractivity contribution >= 4 is 28.5 Å². The molecule has 0 saturated heterocycles. The van der Waals surface area contributed by atoms with Crippen molar-refractivity contribution in [1.29, 1.82) is 0 Å². The van der Waals surface area contributed by atoms with E-state index in [0.717, 1.165) is 9.92 Å². The fourth-order valence-electron chi connectivity index (χ4n) is 1.60. The summed E-state index contributed by atoms with van der Waals surface area (Å²) in [5, 5.41) is 0.842. The number of nitrogens with two attached hydrogens (primary N) is 1. The van der Waals surface area contributed by atoms with Crippen LogP contribution in [0.4, 0.5) is 5.69 Å². The minimum Gasteiger partial charge on any atom is -0.408 e. The van der Waals surface area contributed by atoms with E-state index in [1.54, 1.807) is 18.3 Å². The second-order valence-electron chi connectivity index (χ2n) is 3.67. The molecule has 18 heavy (non-hydrogen) atoms. The van der Waals surface area contributed by atoms with Gasteiger partial charge in [0.25, 0.3) is 0 Å². The van der Waals surface area contributed by atoms with Crippen molar-refractivity contribution in [3.63, 3.8) is 0 Å². The van der Waals surface area contributed by atoms with E-state index < -0.39 is 5.76 Å². The monoisotopic (exact) mass is 259 g/mol. The summed E-state index contributed by atoms with van der Waals surface area (Å²) >= 11 is 1.44. The van der Waals surface area contributed by atoms with Gasteiger partial charge >= 0.3 is 5.76 Å². The molecule has 5 nitrogen and oxygen atoms in total. The van der Waals surface area contributed by atoms with Crippen molar-refractivity contribution in [1.82, 2.24) is 9.97 Å². The number of nitrogens with one attached hydrogen (secondary N) is 1. The van der Waals surface area contributed by atoms with Gasteiger partial charge in [0.15, 0.2) is 5.58 Å². The van der Waals surface area contributed by atoms with Gasteiger partial charge in [0.2, 0.25) is 0 Å². The lowest BCUT2D eigenvalue weighted by molar-refractivity contribution is 0.555. The molecule has 3 N–H and O–H groups in total. The van der Waals surface area contributed by atoms with Crippen LogP contribution in [-0.2, 0) is 0 Å². The molecule has 2 heterocycles. The first-order valence-corrected chi connectivity index (χ1v) is 6.05. The average molecular weight is 259 g/mol. The van der Waals surface area contributed by atoms with E-state index in [1.807, 2.05) is 18.2 Å². The number of oxazole rings is 1. The smallest absolute Gasteiger partial charge is 0.408 e. The summed E-state index contributed by atoms with van der Waals surface area (Å²) in [5.41, 5.74) is 7.57. The Hall–Kier alpha value is -2.21. The van der Waals surface area contributed by atoms with Crippen LogP contribution in [0.5, 0.6) is 0 Å². The molecule has 0 bridgehead atoms. The van der Waals surface area contributed by atoms with Gasteiger partial charge in [-0.15, -0.1) is 0 Å². The van der Waals surface area contributed by atoms with Gasteiger partial charge < -0.3 is 10.2 Å². The third-order valence-electron chi connectivity index (χ3n) is 2.40. The van der Waals surface area contributed by atoms with Crippen LogP contribution in [0.15, 0.2) is 55.7 Å². The number of fused-ring (bicyclic) bond motifs is 1. The fourth-order valence-corrected chi connectivity index (χ4v) is 2.44. The highest BCUT2D eigenvalue weighted by Gasteiger charge is 2.08. The Balaban J connectivity index is 2.06. The van der Waals surface area contributed by atoms with E-state index in [2.05, 4.69) is 9.97 Å². The van der Waals surface area contributed by atoms with Crippen molar-refractivity contribution < 1.29 is 4.42 Å². The van der Waals surface area contributed by atoms with E-state index in [0.29, 0.717) is 16.8 Å². The summed E-state index contributed by atoms with van der Waals surface area (Å²) in [7, 11) is 0. The second kappa shape index (κ2) is 4.23. The molecule has 0 spiro atoms. The van der Waals surface area contributed by atoms with E-state index in [9.17, 15) is 4.79 Å². The number of hydrogen-bond acceptors (Lipinski definition) is 5. The van der Waals surface area contributed by atoms with Crippen LogP contribution in [0.1, 0.15) is 0 Å². The van der Waals surface area contributed by atoms with Gasteiger partial charge in [-0.05, 0) is 18.2 Å². The molecule has 0 aliphatic rings. The van der Waals surface area contributed by atoms with Crippen LogP contribution in [0.25, 0.3) is 11.1 Å². The van der Waals surface area contributed by atoms with Gasteiger partial charge in [0.1, 0.15) is 5.03 Å². The number of hydrogen-bond donors (Lipinski definition) is 2. The lowest BCUT2D eigenvalue weighted by atomic mass is 10.3. The minimum atomic E-state index is -0.482. The molecule has 0 radical (unpaired) electrons. The van der Waals surface area contributed by atoms with E-state index in [1.165, 1.54) is 11.8 Å². The molecule has 6 heteroatoms. The van der Waals surface area contributed by atoms with Crippen LogP contribution in [0, 0.1) is 0 Å². The van der Waals surface area contributed by atoms with E-state index >= 15 is 0 Å². The number of aromatic amines is 1. The molecule has 1 aromatic carbocycles. The van der Waals surface area contributed by atoms with Gasteiger partial charge in [0, 0.05) is 22.8 Å². The molecule has 90 valence electrons. The van der Waals surface area contributed by atoms with Crippen LogP contribution < -0.4 is 11.5 Å². The molecule has 0 aliphatic carbocycles. The third-order valence-corrected chi connectivity index (χ3v) is 3.43. The maximum absolute atomic E-state index is 11.1. The average Bonchev–Trinajstić information content (AvgIpc) is 2.70. The van der Waals surface area contributed by atoms with Crippen molar-refractivity contribution in [2.75, 3.05) is 5.73 Å². The van der Waals surface area contributed by atoms with Crippen molar-refractivity contribution in [3.05, 3.63) is 47.1 Å². The number of nitrogens with zero attached hydrogens (tertiary/aromatic N) is 1. The molecule has 3 aromatic rings. The van der Waals surface area contributed by atoms with Crippen LogP contribution in [-0.4, -0.2) is 9.97 Å². The summed E-state index contributed by atoms with van der Waals surface area (Å²) in [6.07, 6.45) is 1.72. The Kier molecular flexibility index (Phi) is 2.56. The van der Waals surface area contributed by atoms with E-state index in [4.69, 9.17) is 10.2 Å². The fraction of sp³-hybridized carbons (Fsp3) is 0. The SMILES string of the molecule is Nc1cc2oc(=O)[nH]c2cc1Sc1ccccn1. The predicted molar refractivity (Wildman–Crippen MR) is 69.6 cm³/mol. The Morgan fingerprint density at radius 1 is 1.33 bits per heavy atom. The first kappa shape index (κ1) is 10.9. The van der Waals surface area contributed by atoms with Gasteiger partial charge in [-0.3, -0.25) is 4.98 Å². The normalized spacial score (nSPS) is 10.9. The number of rotatable bonds is 2. The Morgan fingerprint density at radius 2 is 2.22 bits per heavy atom. The quantitative estimate of drug-likeness (QED) is 0.689. The zero-order valence-electron chi connectivity index (χ0n) is 9.21. The largest absolute Gasteiger partial charge is 0.417 e. The van der Waals surface area contributed by atoms with Crippen LogP contribution in [0.2, 0.25) is 0 Å². The van der Waals surface area contributed by atoms with Crippen LogP contribution >= 0.6 is 11.8 Å². The molecule has 0 aliphatic heterocycles. The van der Waals surface area contributed by atoms with Gasteiger partial charge in [-0.1, -0.05) is 17.8 Å². The van der Waals surface area contributed by atoms with Gasteiger partial charge in [-0.25, -0.2) is 9.78 Å². The molecule has 0 fully saturated rings. The highest BCUT2D eigenvalue weighted by atomic mass is 32.2. The first-order chi connectivity index (χ1) is 8.72. The van der Waals surface area contributed by atoms with Crippen molar-refractivity contribution in [2.45, 2.75) is 9.92 Å². The summed E-state index contributed by atoms with van der Waals surface area (Å²) in [6.45, 7) is 0. The highest BCUT2D eigenvalue weighted by Crippen LogP contribution is 2.33. The standard InChI is InChI=1S/C12H9N3O2S/c13-7-5-9-8(15-12(16)17-9)6-10(7)18-11-3-1-2-4-14-11/h1-6H,13H2,(H,15,16). The van der Waals surface area contributed by atoms with Gasteiger partial charge in [0.05, 0.1) is 5.52 Å². The first-order valence-electron chi connectivity index (χ1n) is 5.23. The molecule has 0 amide bonds. The summed E-state index contributed by atoms with van der Waals surface area (Å²) in [4.78, 5) is 18.7. The van der Waals surface area contributed by atoms with E-state index in [-0.39, 0.29) is 0 Å². The number of anilines is 1. The van der Waals surface area contributed by atoms with Gasteiger partial charge in [-0.2, -0.15) is 0 Å². The minimum absolute atomic E-state index is 0.461.